The molecule has 0 atom stereocenters. The molecule has 0 unspecified atom stereocenters. The van der Waals surface area contributed by atoms with Crippen LogP contribution in [-0.4, -0.2) is 38.3 Å². The number of nitrogens with zero attached hydrogens (tertiary/aromatic N) is 3. The second-order valence-corrected chi connectivity index (χ2v) is 5.44. The van der Waals surface area contributed by atoms with E-state index in [2.05, 4.69) is 10.3 Å². The van der Waals surface area contributed by atoms with Crippen molar-refractivity contribution in [2.45, 2.75) is 64.5 Å². The van der Waals surface area contributed by atoms with E-state index in [1.165, 1.54) is 0 Å². The zero-order chi connectivity index (χ0) is 14.6. The van der Waals surface area contributed by atoms with E-state index in [1.54, 1.807) is 11.6 Å². The van der Waals surface area contributed by atoms with Crippen LogP contribution in [0.4, 0.5) is 0 Å². The first-order valence-electron chi connectivity index (χ1n) is 7.41. The molecule has 0 amide bonds. The monoisotopic (exact) mass is 281 g/mol. The van der Waals surface area contributed by atoms with Gasteiger partial charge in [0, 0.05) is 0 Å². The molecule has 1 aromatic rings. The summed E-state index contributed by atoms with van der Waals surface area (Å²) in [5.74, 6) is -0.430. The summed E-state index contributed by atoms with van der Waals surface area (Å²) in [4.78, 5) is 11.9. The molecular weight excluding hydrogens is 258 g/mol. The van der Waals surface area contributed by atoms with Crippen molar-refractivity contribution >= 4 is 5.97 Å². The molecule has 1 aromatic heterocycles. The molecular formula is C14H23N3O3. The fourth-order valence-corrected chi connectivity index (χ4v) is 2.77. The third kappa shape index (κ3) is 3.17. The van der Waals surface area contributed by atoms with Gasteiger partial charge in [0.05, 0.1) is 24.4 Å². The van der Waals surface area contributed by atoms with E-state index in [1.807, 2.05) is 6.92 Å². The van der Waals surface area contributed by atoms with Crippen LogP contribution in [0.5, 0.6) is 0 Å². The van der Waals surface area contributed by atoms with Gasteiger partial charge in [-0.3, -0.25) is 0 Å². The van der Waals surface area contributed by atoms with Crippen LogP contribution in [0.15, 0.2) is 0 Å². The van der Waals surface area contributed by atoms with Crippen LogP contribution in [0.2, 0.25) is 0 Å². The fourth-order valence-electron chi connectivity index (χ4n) is 2.77. The molecule has 0 spiro atoms. The van der Waals surface area contributed by atoms with Crippen molar-refractivity contribution in [2.75, 3.05) is 6.61 Å². The van der Waals surface area contributed by atoms with E-state index in [-0.39, 0.29) is 5.69 Å². The lowest BCUT2D eigenvalue weighted by molar-refractivity contribution is 0.0250. The lowest BCUT2D eigenvalue weighted by atomic mass is 10.0. The first-order chi connectivity index (χ1) is 9.59. The number of carbonyl (C=O) groups excluding carboxylic acids is 1. The molecule has 0 saturated heterocycles. The van der Waals surface area contributed by atoms with Gasteiger partial charge in [0.25, 0.3) is 0 Å². The average molecular weight is 281 g/mol. The Morgan fingerprint density at radius 3 is 2.70 bits per heavy atom. The molecule has 6 nitrogen and oxygen atoms in total. The Bertz CT molecular complexity index is 464. The SMILES string of the molecule is CCCc1c(C(=O)OCC)nnn1CC1(O)CCCC1. The highest BCUT2D eigenvalue weighted by molar-refractivity contribution is 5.88. The van der Waals surface area contributed by atoms with Gasteiger partial charge in [-0.05, 0) is 26.2 Å². The number of ether oxygens (including phenoxy) is 1. The Morgan fingerprint density at radius 1 is 1.40 bits per heavy atom. The van der Waals surface area contributed by atoms with Gasteiger partial charge in [-0.25, -0.2) is 9.48 Å². The summed E-state index contributed by atoms with van der Waals surface area (Å²) >= 11 is 0. The van der Waals surface area contributed by atoms with Crippen molar-refractivity contribution in [3.63, 3.8) is 0 Å². The largest absolute Gasteiger partial charge is 0.461 e. The Balaban J connectivity index is 2.22. The maximum atomic E-state index is 11.9. The minimum Gasteiger partial charge on any atom is -0.461 e. The number of hydrogen-bond donors (Lipinski definition) is 1. The number of esters is 1. The number of hydrogen-bond acceptors (Lipinski definition) is 5. The molecule has 1 aliphatic carbocycles. The molecule has 1 heterocycles. The number of rotatable bonds is 6. The molecule has 0 aromatic carbocycles. The number of carbonyl (C=O) groups is 1. The maximum Gasteiger partial charge on any atom is 0.360 e. The number of aliphatic hydroxyl groups is 1. The van der Waals surface area contributed by atoms with E-state index in [4.69, 9.17) is 4.74 Å². The standard InChI is InChI=1S/C14H23N3O3/c1-3-7-11-12(13(18)20-4-2)15-16-17(11)10-14(19)8-5-6-9-14/h19H,3-10H2,1-2H3. The van der Waals surface area contributed by atoms with Crippen molar-refractivity contribution in [3.8, 4) is 0 Å². The third-order valence-corrected chi connectivity index (χ3v) is 3.77. The van der Waals surface area contributed by atoms with Crippen molar-refractivity contribution in [1.82, 2.24) is 15.0 Å². The summed E-state index contributed by atoms with van der Waals surface area (Å²) in [6.07, 6.45) is 5.24. The molecule has 1 saturated carbocycles. The van der Waals surface area contributed by atoms with Crippen molar-refractivity contribution in [3.05, 3.63) is 11.4 Å². The molecule has 1 fully saturated rings. The first-order valence-corrected chi connectivity index (χ1v) is 7.41. The summed E-state index contributed by atoms with van der Waals surface area (Å²) in [5, 5.41) is 18.5. The predicted octanol–water partition coefficient (Wildman–Crippen LogP) is 1.71. The average Bonchev–Trinajstić information content (AvgIpc) is 2.99. The van der Waals surface area contributed by atoms with Crippen molar-refractivity contribution in [2.24, 2.45) is 0 Å². The van der Waals surface area contributed by atoms with Gasteiger partial charge < -0.3 is 9.84 Å². The lowest BCUT2D eigenvalue weighted by Gasteiger charge is -2.22. The Hall–Kier alpha value is -1.43. The quantitative estimate of drug-likeness (QED) is 0.803. The summed E-state index contributed by atoms with van der Waals surface area (Å²) in [6, 6.07) is 0. The highest BCUT2D eigenvalue weighted by Crippen LogP contribution is 2.31. The predicted molar refractivity (Wildman–Crippen MR) is 73.4 cm³/mol. The van der Waals surface area contributed by atoms with E-state index in [0.717, 1.165) is 37.8 Å². The fraction of sp³-hybridized carbons (Fsp3) is 0.786. The summed E-state index contributed by atoms with van der Waals surface area (Å²) < 4.78 is 6.69. The summed E-state index contributed by atoms with van der Waals surface area (Å²) in [6.45, 7) is 4.54. The Labute approximate surface area is 119 Å². The molecule has 1 N–H and O–H groups in total. The highest BCUT2D eigenvalue weighted by atomic mass is 16.5. The minimum atomic E-state index is -0.706. The van der Waals surface area contributed by atoms with Crippen LogP contribution >= 0.6 is 0 Å². The normalized spacial score (nSPS) is 17.4. The van der Waals surface area contributed by atoms with Crippen molar-refractivity contribution in [1.29, 1.82) is 0 Å². The van der Waals surface area contributed by atoms with Crippen LogP contribution in [0.1, 0.15) is 62.1 Å². The molecule has 112 valence electrons. The van der Waals surface area contributed by atoms with E-state index in [9.17, 15) is 9.90 Å². The van der Waals surface area contributed by atoms with Gasteiger partial charge in [0.1, 0.15) is 0 Å². The van der Waals surface area contributed by atoms with Crippen molar-refractivity contribution < 1.29 is 14.6 Å². The minimum absolute atomic E-state index is 0.287. The Kier molecular flexibility index (Phi) is 4.75. The zero-order valence-electron chi connectivity index (χ0n) is 12.3. The van der Waals surface area contributed by atoms with Gasteiger partial charge in [-0.2, -0.15) is 0 Å². The number of aromatic nitrogens is 3. The lowest BCUT2D eigenvalue weighted by Crippen LogP contribution is -2.32. The highest BCUT2D eigenvalue weighted by Gasteiger charge is 2.33. The van der Waals surface area contributed by atoms with Crippen LogP contribution in [0.25, 0.3) is 0 Å². The third-order valence-electron chi connectivity index (χ3n) is 3.77. The molecule has 0 radical (unpaired) electrons. The van der Waals surface area contributed by atoms with Gasteiger partial charge >= 0.3 is 5.97 Å². The van der Waals surface area contributed by atoms with Crippen LogP contribution < -0.4 is 0 Å². The first kappa shape index (κ1) is 15.0. The van der Waals surface area contributed by atoms with Crippen LogP contribution in [0.3, 0.4) is 0 Å². The van der Waals surface area contributed by atoms with E-state index in [0.29, 0.717) is 19.6 Å². The molecule has 0 aliphatic heterocycles. The second kappa shape index (κ2) is 6.35. The summed E-state index contributed by atoms with van der Waals surface area (Å²) in [5.41, 5.74) is 0.351. The molecule has 6 heteroatoms. The smallest absolute Gasteiger partial charge is 0.360 e. The molecule has 0 bridgehead atoms. The van der Waals surface area contributed by atoms with Crippen LogP contribution in [0, 0.1) is 0 Å². The van der Waals surface area contributed by atoms with E-state index < -0.39 is 11.6 Å². The van der Waals surface area contributed by atoms with Gasteiger partial charge in [-0.15, -0.1) is 5.10 Å². The molecule has 20 heavy (non-hydrogen) atoms. The zero-order valence-corrected chi connectivity index (χ0v) is 12.3. The Morgan fingerprint density at radius 2 is 2.10 bits per heavy atom. The van der Waals surface area contributed by atoms with E-state index >= 15 is 0 Å². The molecule has 2 rings (SSSR count). The maximum absolute atomic E-state index is 11.9. The van der Waals surface area contributed by atoms with Gasteiger partial charge in [0.15, 0.2) is 5.69 Å². The second-order valence-electron chi connectivity index (χ2n) is 5.44. The topological polar surface area (TPSA) is 77.2 Å². The molecule has 1 aliphatic rings. The summed E-state index contributed by atoms with van der Waals surface area (Å²) in [7, 11) is 0. The van der Waals surface area contributed by atoms with Gasteiger partial charge in [0.2, 0.25) is 0 Å². The van der Waals surface area contributed by atoms with Crippen LogP contribution in [-0.2, 0) is 17.7 Å². The van der Waals surface area contributed by atoms with Gasteiger partial charge in [-0.1, -0.05) is 31.4 Å².